The molecule has 0 radical (unpaired) electrons. The first-order chi connectivity index (χ1) is 13.2. The molecule has 0 nitrogen and oxygen atoms in total. The molecule has 0 N–H and O–H groups in total. The van der Waals surface area contributed by atoms with Gasteiger partial charge < -0.3 is 0 Å². The largest absolute Gasteiger partial charge is 0.125 e. The predicted octanol–water partition coefficient (Wildman–Crippen LogP) is 8.83. The highest BCUT2D eigenvalue weighted by Crippen LogP contribution is 2.38. The van der Waals surface area contributed by atoms with Crippen LogP contribution in [0.3, 0.4) is 0 Å². The molecule has 0 heteroatoms. The van der Waals surface area contributed by atoms with Crippen molar-refractivity contribution in [3.05, 3.63) is 53.8 Å². The van der Waals surface area contributed by atoms with E-state index >= 15 is 0 Å². The van der Waals surface area contributed by atoms with E-state index < -0.39 is 0 Å². The number of unbranched alkanes of at least 4 members (excludes halogenated alkanes) is 1. The van der Waals surface area contributed by atoms with E-state index in [9.17, 15) is 0 Å². The maximum Gasteiger partial charge on any atom is 0.00530 e. The van der Waals surface area contributed by atoms with Crippen LogP contribution in [0.5, 0.6) is 0 Å². The van der Waals surface area contributed by atoms with Crippen LogP contribution in [0, 0.1) is 23.7 Å². The molecule has 0 aromatic carbocycles. The molecule has 27 heavy (non-hydrogen) atoms. The molecule has 0 bridgehead atoms. The second kappa shape index (κ2) is 14.8. The van der Waals surface area contributed by atoms with E-state index in [1.807, 2.05) is 0 Å². The second-order valence-electron chi connectivity index (χ2n) is 8.14. The van der Waals surface area contributed by atoms with Gasteiger partial charge in [0.2, 0.25) is 0 Å². The third-order valence-corrected chi connectivity index (χ3v) is 5.80. The lowest BCUT2D eigenvalue weighted by atomic mass is 9.72. The summed E-state index contributed by atoms with van der Waals surface area (Å²) in [4.78, 5) is 0. The lowest BCUT2D eigenvalue weighted by Gasteiger charge is -2.32. The maximum atomic E-state index is 3.81. The van der Waals surface area contributed by atoms with Crippen molar-refractivity contribution in [2.24, 2.45) is 23.7 Å². The average molecular weight is 369 g/mol. The monoisotopic (exact) mass is 368 g/mol. The summed E-state index contributed by atoms with van der Waals surface area (Å²) in [5.74, 6) is 2.61. The molecule has 152 valence electrons. The van der Waals surface area contributed by atoms with Crippen molar-refractivity contribution in [2.45, 2.75) is 92.4 Å². The van der Waals surface area contributed by atoms with Crippen LogP contribution in [-0.4, -0.2) is 0 Å². The summed E-state index contributed by atoms with van der Waals surface area (Å²) < 4.78 is 0. The molecular formula is C27H44. The molecule has 1 aliphatic rings. The molecule has 4 atom stereocenters. The molecule has 0 spiro atoms. The molecule has 0 saturated carbocycles. The number of hydrogen-bond acceptors (Lipinski definition) is 0. The van der Waals surface area contributed by atoms with Crippen LogP contribution in [0.4, 0.5) is 0 Å². The molecule has 4 unspecified atom stereocenters. The SMILES string of the molecule is CCC=CCC1CCC(C)C=CCC1C(=C=CCCC)C(C=CCC)CC. The zero-order chi connectivity index (χ0) is 19.9. The summed E-state index contributed by atoms with van der Waals surface area (Å²) in [6.45, 7) is 11.4. The van der Waals surface area contributed by atoms with Gasteiger partial charge in [-0.2, -0.15) is 0 Å². The van der Waals surface area contributed by atoms with Crippen molar-refractivity contribution >= 4 is 0 Å². The normalized spacial score (nSPS) is 24.6. The second-order valence-corrected chi connectivity index (χ2v) is 8.14. The van der Waals surface area contributed by atoms with E-state index in [-0.39, 0.29) is 0 Å². The Labute approximate surface area is 170 Å². The van der Waals surface area contributed by atoms with Crippen molar-refractivity contribution in [1.82, 2.24) is 0 Å². The van der Waals surface area contributed by atoms with Gasteiger partial charge in [-0.15, -0.1) is 5.73 Å². The fourth-order valence-corrected chi connectivity index (χ4v) is 4.11. The Morgan fingerprint density at radius 2 is 1.85 bits per heavy atom. The van der Waals surface area contributed by atoms with Crippen LogP contribution in [-0.2, 0) is 0 Å². The van der Waals surface area contributed by atoms with Gasteiger partial charge in [0.05, 0.1) is 0 Å². The maximum absolute atomic E-state index is 3.81. The Bertz CT molecular complexity index is 524. The zero-order valence-electron chi connectivity index (χ0n) is 18.7. The quantitative estimate of drug-likeness (QED) is 0.267. The Kier molecular flexibility index (Phi) is 13.0. The fourth-order valence-electron chi connectivity index (χ4n) is 4.11. The third-order valence-electron chi connectivity index (χ3n) is 5.80. The molecule has 0 heterocycles. The average Bonchev–Trinajstić information content (AvgIpc) is 2.66. The highest BCUT2D eigenvalue weighted by atomic mass is 14.3. The minimum absolute atomic E-state index is 0.533. The van der Waals surface area contributed by atoms with Crippen molar-refractivity contribution in [2.75, 3.05) is 0 Å². The lowest BCUT2D eigenvalue weighted by molar-refractivity contribution is 0.315. The van der Waals surface area contributed by atoms with E-state index in [1.54, 1.807) is 5.57 Å². The highest BCUT2D eigenvalue weighted by Gasteiger charge is 2.28. The minimum Gasteiger partial charge on any atom is -0.125 e. The molecule has 0 saturated heterocycles. The first kappa shape index (κ1) is 23.8. The van der Waals surface area contributed by atoms with Gasteiger partial charge in [0, 0.05) is 5.92 Å². The van der Waals surface area contributed by atoms with Crippen LogP contribution in [0.1, 0.15) is 92.4 Å². The first-order valence-corrected chi connectivity index (χ1v) is 11.6. The summed E-state index contributed by atoms with van der Waals surface area (Å²) in [6.07, 6.45) is 27.6. The number of rotatable bonds is 10. The van der Waals surface area contributed by atoms with Gasteiger partial charge in [0.1, 0.15) is 0 Å². The van der Waals surface area contributed by atoms with E-state index in [0.29, 0.717) is 17.8 Å². The van der Waals surface area contributed by atoms with Crippen molar-refractivity contribution in [3.63, 3.8) is 0 Å². The third kappa shape index (κ3) is 8.98. The first-order valence-electron chi connectivity index (χ1n) is 11.6. The van der Waals surface area contributed by atoms with Crippen LogP contribution in [0.25, 0.3) is 0 Å². The van der Waals surface area contributed by atoms with Gasteiger partial charge in [-0.3, -0.25) is 0 Å². The van der Waals surface area contributed by atoms with Crippen LogP contribution < -0.4 is 0 Å². The Morgan fingerprint density at radius 3 is 2.52 bits per heavy atom. The molecule has 0 fully saturated rings. The summed E-state index contributed by atoms with van der Waals surface area (Å²) in [5, 5.41) is 0. The Hall–Kier alpha value is -1.26. The molecule has 0 amide bonds. The van der Waals surface area contributed by atoms with Crippen LogP contribution >= 0.6 is 0 Å². The molecule has 1 aliphatic carbocycles. The van der Waals surface area contributed by atoms with E-state index in [0.717, 1.165) is 25.2 Å². The summed E-state index contributed by atoms with van der Waals surface area (Å²) in [7, 11) is 0. The van der Waals surface area contributed by atoms with Gasteiger partial charge in [0.25, 0.3) is 0 Å². The van der Waals surface area contributed by atoms with E-state index in [1.165, 1.54) is 38.5 Å². The van der Waals surface area contributed by atoms with Gasteiger partial charge in [0.15, 0.2) is 0 Å². The fraction of sp³-hybridized carbons (Fsp3) is 0.667. The molecular weight excluding hydrogens is 324 g/mol. The van der Waals surface area contributed by atoms with Gasteiger partial charge in [-0.05, 0) is 80.8 Å². The van der Waals surface area contributed by atoms with E-state index in [4.69, 9.17) is 0 Å². The summed E-state index contributed by atoms with van der Waals surface area (Å²) >= 11 is 0. The smallest absolute Gasteiger partial charge is 0.00530 e. The topological polar surface area (TPSA) is 0 Å². The number of hydrogen-bond donors (Lipinski definition) is 0. The number of allylic oxidation sites excluding steroid dienone is 7. The van der Waals surface area contributed by atoms with Crippen molar-refractivity contribution < 1.29 is 0 Å². The summed E-state index contributed by atoms with van der Waals surface area (Å²) in [6, 6.07) is 0. The molecule has 0 aliphatic heterocycles. The minimum atomic E-state index is 0.533. The molecule has 1 rings (SSSR count). The van der Waals surface area contributed by atoms with Crippen LogP contribution in [0.2, 0.25) is 0 Å². The molecule has 0 aromatic rings. The van der Waals surface area contributed by atoms with Crippen molar-refractivity contribution in [3.8, 4) is 0 Å². The Morgan fingerprint density at radius 1 is 1.07 bits per heavy atom. The van der Waals surface area contributed by atoms with Crippen LogP contribution in [0.15, 0.2) is 53.8 Å². The van der Waals surface area contributed by atoms with Gasteiger partial charge in [-0.25, -0.2) is 0 Å². The summed E-state index contributed by atoms with van der Waals surface area (Å²) in [5.41, 5.74) is 5.37. The highest BCUT2D eigenvalue weighted by molar-refractivity contribution is 5.19. The lowest BCUT2D eigenvalue weighted by Crippen LogP contribution is -2.22. The zero-order valence-corrected chi connectivity index (χ0v) is 18.7. The van der Waals surface area contributed by atoms with E-state index in [2.05, 4.69) is 82.9 Å². The Balaban J connectivity index is 3.27. The van der Waals surface area contributed by atoms with Crippen molar-refractivity contribution in [1.29, 1.82) is 0 Å². The molecule has 0 aromatic heterocycles. The van der Waals surface area contributed by atoms with Gasteiger partial charge in [-0.1, -0.05) is 77.5 Å². The predicted molar refractivity (Wildman–Crippen MR) is 123 cm³/mol. The standard InChI is InChI=1S/C27H44/c1-6-10-13-18-25-22-21-23(5)16-15-20-27(25)26(19-14-11-7-2)24(9-4)17-12-8-3/h10,12-17,23-25,27H,6-9,11,18,20-22H2,1-5H3. The van der Waals surface area contributed by atoms with Gasteiger partial charge >= 0.3 is 0 Å².